The largest absolute Gasteiger partial charge is 0.406 e. The van der Waals surface area contributed by atoms with Gasteiger partial charge in [-0.2, -0.15) is 13.2 Å². The summed E-state index contributed by atoms with van der Waals surface area (Å²) < 4.78 is 45.3. The van der Waals surface area contributed by atoms with Crippen molar-refractivity contribution >= 4 is 40.9 Å². The van der Waals surface area contributed by atoms with E-state index in [9.17, 15) is 18.0 Å². The highest BCUT2D eigenvalue weighted by molar-refractivity contribution is 7.99. The van der Waals surface area contributed by atoms with Gasteiger partial charge in [0.1, 0.15) is 6.54 Å². The van der Waals surface area contributed by atoms with E-state index < -0.39 is 18.6 Å². The lowest BCUT2D eigenvalue weighted by atomic mass is 10.4. The van der Waals surface area contributed by atoms with Crippen molar-refractivity contribution in [2.75, 3.05) is 42.3 Å². The molecule has 13 heteroatoms. The number of amides is 1. The van der Waals surface area contributed by atoms with E-state index in [-0.39, 0.29) is 22.0 Å². The minimum atomic E-state index is -4.45. The summed E-state index contributed by atoms with van der Waals surface area (Å²) in [6.07, 6.45) is -2.98. The summed E-state index contributed by atoms with van der Waals surface area (Å²) in [6.45, 7) is 0.387. The summed E-state index contributed by atoms with van der Waals surface area (Å²) in [5, 5.41) is 10.4. The topological polar surface area (TPSA) is 85.2 Å². The molecule has 1 aliphatic rings. The normalized spacial score (nSPS) is 14.9. The van der Waals surface area contributed by atoms with E-state index in [1.165, 1.54) is 6.20 Å². The van der Waals surface area contributed by atoms with Crippen LogP contribution < -0.4 is 10.2 Å². The van der Waals surface area contributed by atoms with Gasteiger partial charge in [-0.15, -0.1) is 10.2 Å². The second kappa shape index (κ2) is 8.97. The first-order valence-corrected chi connectivity index (χ1v) is 9.55. The Morgan fingerprint density at radius 1 is 1.32 bits per heavy atom. The molecule has 152 valence electrons. The summed E-state index contributed by atoms with van der Waals surface area (Å²) in [7, 11) is 0. The monoisotopic (exact) mass is 436 g/mol. The maximum Gasteiger partial charge on any atom is 0.406 e. The number of carbonyl (C=O) groups excluding carboxylic acids is 1. The van der Waals surface area contributed by atoms with Crippen LogP contribution >= 0.6 is 23.4 Å². The minimum Gasteiger partial charge on any atom is -0.378 e. The van der Waals surface area contributed by atoms with E-state index in [2.05, 4.69) is 20.5 Å². The van der Waals surface area contributed by atoms with Gasteiger partial charge in [0.2, 0.25) is 11.9 Å². The third-order valence-corrected chi connectivity index (χ3v) is 4.96. The SMILES string of the molecule is O=C(CSc1nnc(N2CCOCC2)n1CC(F)(F)F)Nc1cccnc1Cl. The van der Waals surface area contributed by atoms with Crippen LogP contribution in [-0.2, 0) is 16.1 Å². The Hall–Kier alpha value is -2.05. The lowest BCUT2D eigenvalue weighted by molar-refractivity contribution is -0.141. The number of halogens is 4. The van der Waals surface area contributed by atoms with E-state index in [0.29, 0.717) is 32.0 Å². The molecule has 0 spiro atoms. The maximum absolute atomic E-state index is 13.0. The molecule has 2 aromatic heterocycles. The zero-order valence-corrected chi connectivity index (χ0v) is 16.0. The molecule has 3 rings (SSSR count). The van der Waals surface area contributed by atoms with Crippen molar-refractivity contribution in [3.63, 3.8) is 0 Å². The average molecular weight is 437 g/mol. The minimum absolute atomic E-state index is 0.00579. The van der Waals surface area contributed by atoms with Gasteiger partial charge in [-0.05, 0) is 12.1 Å². The third kappa shape index (κ3) is 5.49. The first-order chi connectivity index (χ1) is 13.3. The second-order valence-electron chi connectivity index (χ2n) is 5.76. The van der Waals surface area contributed by atoms with Gasteiger partial charge < -0.3 is 15.0 Å². The van der Waals surface area contributed by atoms with Crippen LogP contribution in [0, 0.1) is 0 Å². The highest BCUT2D eigenvalue weighted by Gasteiger charge is 2.33. The zero-order chi connectivity index (χ0) is 20.1. The molecule has 0 aromatic carbocycles. The Labute approximate surface area is 167 Å². The van der Waals surface area contributed by atoms with Crippen molar-refractivity contribution in [2.45, 2.75) is 17.9 Å². The first-order valence-electron chi connectivity index (χ1n) is 8.19. The van der Waals surface area contributed by atoms with Gasteiger partial charge in [0.05, 0.1) is 24.7 Å². The lowest BCUT2D eigenvalue weighted by Gasteiger charge is -2.28. The van der Waals surface area contributed by atoms with Crippen LogP contribution in [0.1, 0.15) is 0 Å². The van der Waals surface area contributed by atoms with Gasteiger partial charge in [-0.1, -0.05) is 23.4 Å². The number of morpholine rings is 1. The molecule has 0 radical (unpaired) electrons. The molecule has 1 N–H and O–H groups in total. The van der Waals surface area contributed by atoms with Gasteiger partial charge in [0, 0.05) is 19.3 Å². The van der Waals surface area contributed by atoms with E-state index >= 15 is 0 Å². The summed E-state index contributed by atoms with van der Waals surface area (Å²) in [4.78, 5) is 17.6. The summed E-state index contributed by atoms with van der Waals surface area (Å²) >= 11 is 6.73. The molecular weight excluding hydrogens is 421 g/mol. The Balaban J connectivity index is 1.71. The molecule has 1 amide bonds. The molecule has 0 aliphatic carbocycles. The molecule has 0 atom stereocenters. The number of hydrogen-bond donors (Lipinski definition) is 1. The number of thioether (sulfide) groups is 1. The van der Waals surface area contributed by atoms with E-state index in [1.54, 1.807) is 17.0 Å². The summed E-state index contributed by atoms with van der Waals surface area (Å²) in [5.41, 5.74) is 0.320. The quantitative estimate of drug-likeness (QED) is 0.550. The Morgan fingerprint density at radius 3 is 2.75 bits per heavy atom. The zero-order valence-electron chi connectivity index (χ0n) is 14.4. The smallest absolute Gasteiger partial charge is 0.378 e. The highest BCUT2D eigenvalue weighted by Crippen LogP contribution is 2.28. The molecule has 1 fully saturated rings. The van der Waals surface area contributed by atoms with E-state index in [4.69, 9.17) is 16.3 Å². The molecule has 2 aromatic rings. The third-order valence-electron chi connectivity index (χ3n) is 3.69. The van der Waals surface area contributed by atoms with Crippen LogP contribution in [-0.4, -0.2) is 63.9 Å². The lowest BCUT2D eigenvalue weighted by Crippen LogP contribution is -2.38. The number of rotatable bonds is 6. The van der Waals surface area contributed by atoms with Crippen LogP contribution in [0.2, 0.25) is 5.15 Å². The number of nitrogens with one attached hydrogen (secondary N) is 1. The fourth-order valence-electron chi connectivity index (χ4n) is 2.50. The number of anilines is 2. The van der Waals surface area contributed by atoms with Crippen LogP contribution in [0.3, 0.4) is 0 Å². The molecule has 0 bridgehead atoms. The number of pyridine rings is 1. The van der Waals surface area contributed by atoms with Crippen molar-refractivity contribution in [2.24, 2.45) is 0 Å². The highest BCUT2D eigenvalue weighted by atomic mass is 35.5. The predicted octanol–water partition coefficient (Wildman–Crippen LogP) is 2.46. The molecule has 28 heavy (non-hydrogen) atoms. The molecular formula is C15H16ClF3N6O2S. The Morgan fingerprint density at radius 2 is 2.07 bits per heavy atom. The maximum atomic E-state index is 13.0. The number of carbonyl (C=O) groups is 1. The summed E-state index contributed by atoms with van der Waals surface area (Å²) in [5.74, 6) is -0.502. The van der Waals surface area contributed by atoms with Crippen LogP contribution in [0.25, 0.3) is 0 Å². The fraction of sp³-hybridized carbons (Fsp3) is 0.467. The average Bonchev–Trinajstić information content (AvgIpc) is 3.03. The molecule has 8 nitrogen and oxygen atoms in total. The van der Waals surface area contributed by atoms with Crippen LogP contribution in [0.5, 0.6) is 0 Å². The standard InChI is InChI=1S/C15H16ClF3N6O2S/c16-12-10(2-1-3-20-12)21-11(26)8-28-14-23-22-13(24-4-6-27-7-5-24)25(14)9-15(17,18)19/h1-3H,4-9H2,(H,21,26). The number of nitrogens with zero attached hydrogens (tertiary/aromatic N) is 5. The Bertz CT molecular complexity index is 828. The van der Waals surface area contributed by atoms with Crippen LogP contribution in [0.15, 0.2) is 23.5 Å². The molecule has 3 heterocycles. The molecule has 1 aliphatic heterocycles. The fourth-order valence-corrected chi connectivity index (χ4v) is 3.40. The van der Waals surface area contributed by atoms with Crippen molar-refractivity contribution in [1.82, 2.24) is 19.7 Å². The van der Waals surface area contributed by atoms with Gasteiger partial charge in [0.15, 0.2) is 10.3 Å². The van der Waals surface area contributed by atoms with Gasteiger partial charge in [-0.25, -0.2) is 4.98 Å². The molecule has 0 unspecified atom stereocenters. The van der Waals surface area contributed by atoms with Crippen molar-refractivity contribution in [1.29, 1.82) is 0 Å². The van der Waals surface area contributed by atoms with Crippen LogP contribution in [0.4, 0.5) is 24.8 Å². The van der Waals surface area contributed by atoms with Crippen molar-refractivity contribution in [3.8, 4) is 0 Å². The van der Waals surface area contributed by atoms with E-state index in [1.807, 2.05) is 0 Å². The van der Waals surface area contributed by atoms with Gasteiger partial charge in [-0.3, -0.25) is 9.36 Å². The second-order valence-corrected chi connectivity index (χ2v) is 7.06. The molecule has 1 saturated heterocycles. The van der Waals surface area contributed by atoms with Gasteiger partial charge >= 0.3 is 6.18 Å². The van der Waals surface area contributed by atoms with Crippen molar-refractivity contribution in [3.05, 3.63) is 23.5 Å². The van der Waals surface area contributed by atoms with Crippen molar-refractivity contribution < 1.29 is 22.7 Å². The number of hydrogen-bond acceptors (Lipinski definition) is 7. The number of alkyl halides is 3. The number of ether oxygens (including phenoxy) is 1. The Kier molecular flexibility index (Phi) is 6.62. The van der Waals surface area contributed by atoms with E-state index in [0.717, 1.165) is 16.3 Å². The first kappa shape index (κ1) is 20.7. The molecule has 0 saturated carbocycles. The summed E-state index contributed by atoms with van der Waals surface area (Å²) in [6, 6.07) is 3.17. The predicted molar refractivity (Wildman–Crippen MR) is 97.7 cm³/mol. The number of aromatic nitrogens is 4. The van der Waals surface area contributed by atoms with Gasteiger partial charge in [0.25, 0.3) is 0 Å².